The van der Waals surface area contributed by atoms with Gasteiger partial charge in [-0.2, -0.15) is 13.2 Å². The zero-order valence-electron chi connectivity index (χ0n) is 17.0. The van der Waals surface area contributed by atoms with Gasteiger partial charge in [-0.3, -0.25) is 14.9 Å². The van der Waals surface area contributed by atoms with Gasteiger partial charge in [0.05, 0.1) is 11.5 Å². The summed E-state index contributed by atoms with van der Waals surface area (Å²) in [6.07, 6.45) is -2.84. The lowest BCUT2D eigenvalue weighted by Crippen LogP contribution is -2.49. The maximum atomic E-state index is 12.6. The van der Waals surface area contributed by atoms with E-state index in [1.165, 1.54) is 6.07 Å². The van der Waals surface area contributed by atoms with Crippen LogP contribution >= 0.6 is 0 Å². The van der Waals surface area contributed by atoms with Crippen molar-refractivity contribution in [2.75, 3.05) is 24.6 Å². The van der Waals surface area contributed by atoms with Gasteiger partial charge in [0.25, 0.3) is 5.91 Å². The van der Waals surface area contributed by atoms with E-state index in [1.54, 1.807) is 25.7 Å². The highest BCUT2D eigenvalue weighted by Gasteiger charge is 2.32. The normalized spacial score (nSPS) is 15.5. The summed E-state index contributed by atoms with van der Waals surface area (Å²) in [5, 5.41) is 4.62. The van der Waals surface area contributed by atoms with E-state index in [2.05, 4.69) is 15.6 Å². The molecule has 0 aromatic carbocycles. The molecule has 1 aliphatic heterocycles. The van der Waals surface area contributed by atoms with Gasteiger partial charge in [0.1, 0.15) is 5.82 Å². The number of rotatable bonds is 4. The van der Waals surface area contributed by atoms with Gasteiger partial charge in [0, 0.05) is 24.8 Å². The summed E-state index contributed by atoms with van der Waals surface area (Å²) < 4.78 is 42.8. The molecule has 0 aliphatic carbocycles. The maximum Gasteiger partial charge on any atom is 0.417 e. The Morgan fingerprint density at radius 2 is 1.80 bits per heavy atom. The number of esters is 1. The Bertz CT molecular complexity index is 767. The van der Waals surface area contributed by atoms with E-state index in [0.29, 0.717) is 31.7 Å². The molecule has 1 aromatic heterocycles. The van der Waals surface area contributed by atoms with Gasteiger partial charge in [-0.05, 0) is 45.7 Å². The van der Waals surface area contributed by atoms with Gasteiger partial charge in [0.2, 0.25) is 0 Å². The van der Waals surface area contributed by atoms with Gasteiger partial charge in [-0.15, -0.1) is 0 Å². The molecule has 0 radical (unpaired) electrons. The molecule has 3 amide bonds. The summed E-state index contributed by atoms with van der Waals surface area (Å²) in [5.41, 5.74) is -1.34. The molecule has 11 heteroatoms. The molecule has 0 spiro atoms. The van der Waals surface area contributed by atoms with Crippen LogP contribution in [-0.4, -0.2) is 48.1 Å². The maximum absolute atomic E-state index is 12.6. The molecule has 0 unspecified atom stereocenters. The van der Waals surface area contributed by atoms with Crippen LogP contribution in [0.5, 0.6) is 0 Å². The SMILES string of the molecule is CC(C)(C)NC(=O)NC(=O)COC(=O)C1CCN(c2ccc(C(F)(F)F)cn2)CC1. The smallest absolute Gasteiger partial charge is 0.417 e. The molecule has 30 heavy (non-hydrogen) atoms. The Morgan fingerprint density at radius 3 is 2.30 bits per heavy atom. The number of alkyl halides is 3. The van der Waals surface area contributed by atoms with Crippen LogP contribution in [0.4, 0.5) is 23.8 Å². The second-order valence-electron chi connectivity index (χ2n) is 8.02. The zero-order chi connectivity index (χ0) is 22.5. The summed E-state index contributed by atoms with van der Waals surface area (Å²) in [5.74, 6) is -1.33. The zero-order valence-corrected chi connectivity index (χ0v) is 17.0. The standard InChI is InChI=1S/C19H25F3N4O4/c1-18(2,3)25-17(29)24-15(27)11-30-16(28)12-6-8-26(9-7-12)14-5-4-13(10-23-14)19(20,21)22/h4-5,10,12H,6-9,11H2,1-3H3,(H2,24,25,27,29). The Labute approximate surface area is 172 Å². The Kier molecular flexibility index (Phi) is 7.27. The fraction of sp³-hybridized carbons (Fsp3) is 0.579. The Balaban J connectivity index is 1.76. The van der Waals surface area contributed by atoms with Crippen LogP contribution in [-0.2, 0) is 20.5 Å². The number of pyridine rings is 1. The van der Waals surface area contributed by atoms with Crippen molar-refractivity contribution in [2.24, 2.45) is 5.92 Å². The summed E-state index contributed by atoms with van der Waals surface area (Å²) in [6, 6.07) is 1.59. The number of aromatic nitrogens is 1. The largest absolute Gasteiger partial charge is 0.455 e. The van der Waals surface area contributed by atoms with Crippen molar-refractivity contribution in [3.63, 3.8) is 0 Å². The first-order valence-electron chi connectivity index (χ1n) is 9.42. The van der Waals surface area contributed by atoms with E-state index in [1.807, 2.05) is 0 Å². The van der Waals surface area contributed by atoms with Crippen LogP contribution in [0.15, 0.2) is 18.3 Å². The molecule has 0 atom stereocenters. The molecule has 0 saturated carbocycles. The number of hydrogen-bond acceptors (Lipinski definition) is 6. The summed E-state index contributed by atoms with van der Waals surface area (Å²) in [4.78, 5) is 41.1. The van der Waals surface area contributed by atoms with E-state index in [4.69, 9.17) is 4.74 Å². The molecule has 1 saturated heterocycles. The summed E-state index contributed by atoms with van der Waals surface area (Å²) >= 11 is 0. The average molecular weight is 430 g/mol. The number of carbonyl (C=O) groups excluding carboxylic acids is 3. The number of ether oxygens (including phenoxy) is 1. The van der Waals surface area contributed by atoms with Crippen molar-refractivity contribution < 1.29 is 32.3 Å². The number of nitrogens with one attached hydrogen (secondary N) is 2. The number of nitrogens with zero attached hydrogens (tertiary/aromatic N) is 2. The van der Waals surface area contributed by atoms with Crippen LogP contribution in [0.25, 0.3) is 0 Å². The van der Waals surface area contributed by atoms with E-state index in [0.717, 1.165) is 12.3 Å². The fourth-order valence-electron chi connectivity index (χ4n) is 2.87. The van der Waals surface area contributed by atoms with Crippen LogP contribution < -0.4 is 15.5 Å². The molecule has 2 rings (SSSR count). The fourth-order valence-corrected chi connectivity index (χ4v) is 2.87. The van der Waals surface area contributed by atoms with E-state index >= 15 is 0 Å². The minimum Gasteiger partial charge on any atom is -0.455 e. The number of piperidine rings is 1. The van der Waals surface area contributed by atoms with Crippen LogP contribution in [0.1, 0.15) is 39.2 Å². The molecule has 1 aromatic rings. The van der Waals surface area contributed by atoms with E-state index in [-0.39, 0.29) is 0 Å². The number of urea groups is 1. The summed E-state index contributed by atoms with van der Waals surface area (Å²) in [7, 11) is 0. The third-order valence-corrected chi connectivity index (χ3v) is 4.31. The minimum absolute atomic E-state index is 0.402. The Morgan fingerprint density at radius 1 is 1.17 bits per heavy atom. The highest BCUT2D eigenvalue weighted by molar-refractivity contribution is 5.95. The van der Waals surface area contributed by atoms with Gasteiger partial charge in [-0.1, -0.05) is 0 Å². The predicted octanol–water partition coefficient (Wildman–Crippen LogP) is 2.48. The number of halogens is 3. The first-order valence-corrected chi connectivity index (χ1v) is 9.42. The van der Waals surface area contributed by atoms with Crippen molar-refractivity contribution in [1.82, 2.24) is 15.6 Å². The summed E-state index contributed by atoms with van der Waals surface area (Å²) in [6.45, 7) is 5.52. The van der Waals surface area contributed by atoms with Crippen LogP contribution in [0.2, 0.25) is 0 Å². The number of amides is 3. The minimum atomic E-state index is -4.44. The third kappa shape index (κ3) is 7.20. The topological polar surface area (TPSA) is 101 Å². The first kappa shape index (κ1) is 23.4. The lowest BCUT2D eigenvalue weighted by molar-refractivity contribution is -0.153. The van der Waals surface area contributed by atoms with Gasteiger partial charge < -0.3 is 15.0 Å². The van der Waals surface area contributed by atoms with Crippen LogP contribution in [0.3, 0.4) is 0 Å². The first-order chi connectivity index (χ1) is 13.8. The molecule has 0 bridgehead atoms. The predicted molar refractivity (Wildman–Crippen MR) is 102 cm³/mol. The molecule has 2 heterocycles. The second kappa shape index (κ2) is 9.31. The van der Waals surface area contributed by atoms with Crippen molar-refractivity contribution in [1.29, 1.82) is 0 Å². The molecule has 166 valence electrons. The second-order valence-corrected chi connectivity index (χ2v) is 8.02. The van der Waals surface area contributed by atoms with Gasteiger partial charge in [-0.25, -0.2) is 9.78 Å². The van der Waals surface area contributed by atoms with Crippen molar-refractivity contribution in [3.8, 4) is 0 Å². The highest BCUT2D eigenvalue weighted by Crippen LogP contribution is 2.30. The quantitative estimate of drug-likeness (QED) is 0.712. The lowest BCUT2D eigenvalue weighted by Gasteiger charge is -2.31. The number of anilines is 1. The Hall–Kier alpha value is -2.85. The van der Waals surface area contributed by atoms with Crippen molar-refractivity contribution >= 4 is 23.7 Å². The lowest BCUT2D eigenvalue weighted by atomic mass is 9.97. The van der Waals surface area contributed by atoms with Crippen LogP contribution in [0, 0.1) is 5.92 Å². The number of imide groups is 1. The molecule has 1 fully saturated rings. The van der Waals surface area contributed by atoms with E-state index < -0.39 is 47.7 Å². The van der Waals surface area contributed by atoms with Gasteiger partial charge in [0.15, 0.2) is 6.61 Å². The van der Waals surface area contributed by atoms with E-state index in [9.17, 15) is 27.6 Å². The number of carbonyl (C=O) groups is 3. The van der Waals surface area contributed by atoms with Crippen molar-refractivity contribution in [3.05, 3.63) is 23.9 Å². The molecule has 2 N–H and O–H groups in total. The monoisotopic (exact) mass is 430 g/mol. The molecular formula is C19H25F3N4O4. The highest BCUT2D eigenvalue weighted by atomic mass is 19.4. The molecule has 8 nitrogen and oxygen atoms in total. The molecular weight excluding hydrogens is 405 g/mol. The molecule has 1 aliphatic rings. The van der Waals surface area contributed by atoms with Crippen molar-refractivity contribution in [2.45, 2.75) is 45.3 Å². The number of hydrogen-bond donors (Lipinski definition) is 2. The van der Waals surface area contributed by atoms with Gasteiger partial charge >= 0.3 is 18.2 Å². The third-order valence-electron chi connectivity index (χ3n) is 4.31. The average Bonchev–Trinajstić information content (AvgIpc) is 2.64.